The molecule has 1 heterocycles. The van der Waals surface area contributed by atoms with E-state index in [1.165, 1.54) is 18.4 Å². The Morgan fingerprint density at radius 1 is 1.14 bits per heavy atom. The zero-order chi connectivity index (χ0) is 20.8. The molecule has 0 unspecified atom stereocenters. The number of methoxy groups -OCH3 is 1. The minimum atomic E-state index is -0.592. The number of rotatable bonds is 8. The minimum absolute atomic E-state index is 0.129. The SMILES string of the molecule is COc1ccc([C@H](CNC(=O)[C@@H](C)Oc2ccc(Cl)c(C)c2)N2CCCC2)cc1. The lowest BCUT2D eigenvalue weighted by atomic mass is 10.1. The molecule has 156 valence electrons. The third-order valence-corrected chi connectivity index (χ3v) is 5.79. The van der Waals surface area contributed by atoms with Gasteiger partial charge in [0.2, 0.25) is 0 Å². The number of amides is 1. The van der Waals surface area contributed by atoms with E-state index in [0.29, 0.717) is 17.3 Å². The van der Waals surface area contributed by atoms with E-state index in [0.717, 1.165) is 24.4 Å². The molecule has 0 radical (unpaired) electrons. The van der Waals surface area contributed by atoms with Gasteiger partial charge in [0.05, 0.1) is 13.2 Å². The van der Waals surface area contributed by atoms with Crippen molar-refractivity contribution >= 4 is 17.5 Å². The number of ether oxygens (including phenoxy) is 2. The molecule has 6 heteroatoms. The molecule has 1 aliphatic rings. The zero-order valence-electron chi connectivity index (χ0n) is 17.3. The molecule has 0 bridgehead atoms. The van der Waals surface area contributed by atoms with Gasteiger partial charge >= 0.3 is 0 Å². The summed E-state index contributed by atoms with van der Waals surface area (Å²) < 4.78 is 11.1. The molecule has 5 nitrogen and oxygen atoms in total. The summed E-state index contributed by atoms with van der Waals surface area (Å²) in [7, 11) is 1.66. The second kappa shape index (κ2) is 9.99. The highest BCUT2D eigenvalue weighted by Gasteiger charge is 2.25. The van der Waals surface area contributed by atoms with Gasteiger partial charge in [-0.3, -0.25) is 9.69 Å². The van der Waals surface area contributed by atoms with Crippen molar-refractivity contribution < 1.29 is 14.3 Å². The van der Waals surface area contributed by atoms with Crippen LogP contribution in [0.1, 0.15) is 36.9 Å². The zero-order valence-corrected chi connectivity index (χ0v) is 18.0. The quantitative estimate of drug-likeness (QED) is 0.693. The summed E-state index contributed by atoms with van der Waals surface area (Å²) in [4.78, 5) is 15.1. The van der Waals surface area contributed by atoms with E-state index in [1.54, 1.807) is 26.2 Å². The van der Waals surface area contributed by atoms with Crippen LogP contribution in [0.25, 0.3) is 0 Å². The van der Waals surface area contributed by atoms with E-state index in [2.05, 4.69) is 22.3 Å². The average molecular weight is 417 g/mol. The van der Waals surface area contributed by atoms with Crippen molar-refractivity contribution in [2.75, 3.05) is 26.7 Å². The molecule has 0 aliphatic carbocycles. The number of hydrogen-bond donors (Lipinski definition) is 1. The molecular weight excluding hydrogens is 388 g/mol. The molecule has 3 rings (SSSR count). The monoisotopic (exact) mass is 416 g/mol. The summed E-state index contributed by atoms with van der Waals surface area (Å²) >= 11 is 6.06. The lowest BCUT2D eigenvalue weighted by molar-refractivity contribution is -0.127. The molecule has 1 aliphatic heterocycles. The van der Waals surface area contributed by atoms with Crippen LogP contribution in [0, 0.1) is 6.92 Å². The fraction of sp³-hybridized carbons (Fsp3) is 0.435. The number of nitrogens with zero attached hydrogens (tertiary/aromatic N) is 1. The fourth-order valence-electron chi connectivity index (χ4n) is 3.63. The number of carbonyl (C=O) groups excluding carboxylic acids is 1. The van der Waals surface area contributed by atoms with Gasteiger partial charge in [-0.2, -0.15) is 0 Å². The predicted octanol–water partition coefficient (Wildman–Crippen LogP) is 4.38. The first-order chi connectivity index (χ1) is 14.0. The van der Waals surface area contributed by atoms with Gasteiger partial charge in [0.25, 0.3) is 5.91 Å². The molecule has 1 saturated heterocycles. The van der Waals surface area contributed by atoms with Crippen molar-refractivity contribution in [1.29, 1.82) is 0 Å². The van der Waals surface area contributed by atoms with Crippen LogP contribution in [0.2, 0.25) is 5.02 Å². The lowest BCUT2D eigenvalue weighted by Gasteiger charge is -2.29. The highest BCUT2D eigenvalue weighted by molar-refractivity contribution is 6.31. The van der Waals surface area contributed by atoms with E-state index in [9.17, 15) is 4.79 Å². The maximum Gasteiger partial charge on any atom is 0.260 e. The summed E-state index contributed by atoms with van der Waals surface area (Å²) in [5.74, 6) is 1.34. The van der Waals surface area contributed by atoms with Crippen molar-refractivity contribution in [3.63, 3.8) is 0 Å². The van der Waals surface area contributed by atoms with Gasteiger partial charge in [0, 0.05) is 11.6 Å². The van der Waals surface area contributed by atoms with Gasteiger partial charge in [-0.05, 0) is 81.2 Å². The molecule has 2 atom stereocenters. The van der Waals surface area contributed by atoms with E-state index in [-0.39, 0.29) is 11.9 Å². The largest absolute Gasteiger partial charge is 0.497 e. The fourth-order valence-corrected chi connectivity index (χ4v) is 3.74. The summed E-state index contributed by atoms with van der Waals surface area (Å²) in [6.45, 7) is 6.30. The topological polar surface area (TPSA) is 50.8 Å². The van der Waals surface area contributed by atoms with Gasteiger partial charge in [-0.15, -0.1) is 0 Å². The maximum atomic E-state index is 12.6. The van der Waals surface area contributed by atoms with E-state index < -0.39 is 6.10 Å². The molecule has 1 N–H and O–H groups in total. The predicted molar refractivity (Wildman–Crippen MR) is 116 cm³/mol. The molecule has 2 aromatic rings. The smallest absolute Gasteiger partial charge is 0.260 e. The van der Waals surface area contributed by atoms with Crippen molar-refractivity contribution in [2.24, 2.45) is 0 Å². The Balaban J connectivity index is 1.62. The van der Waals surface area contributed by atoms with E-state index in [1.807, 2.05) is 25.1 Å². The van der Waals surface area contributed by atoms with Crippen LogP contribution < -0.4 is 14.8 Å². The Kier molecular flexibility index (Phi) is 7.40. The number of likely N-dealkylation sites (tertiary alicyclic amines) is 1. The molecule has 1 amide bonds. The number of nitrogens with one attached hydrogen (secondary N) is 1. The first kappa shape index (κ1) is 21.5. The standard InChI is InChI=1S/C23H29ClN2O3/c1-16-14-20(10-11-21(16)24)29-17(2)23(27)25-15-22(26-12-4-5-13-26)18-6-8-19(28-3)9-7-18/h6-11,14,17,22H,4-5,12-13,15H2,1-3H3,(H,25,27)/t17-,22+/m1/s1. The van der Waals surface area contributed by atoms with Crippen molar-refractivity contribution in [3.05, 3.63) is 58.6 Å². The average Bonchev–Trinajstić information content (AvgIpc) is 3.25. The van der Waals surface area contributed by atoms with Crippen LogP contribution in [-0.4, -0.2) is 43.7 Å². The highest BCUT2D eigenvalue weighted by Crippen LogP contribution is 2.26. The number of hydrogen-bond acceptors (Lipinski definition) is 4. The Labute approximate surface area is 177 Å². The Morgan fingerprint density at radius 2 is 1.79 bits per heavy atom. The normalized spacial score (nSPS) is 16.3. The minimum Gasteiger partial charge on any atom is -0.497 e. The van der Waals surface area contributed by atoms with Crippen molar-refractivity contribution in [2.45, 2.75) is 38.8 Å². The number of carbonyl (C=O) groups is 1. The van der Waals surface area contributed by atoms with Gasteiger partial charge in [-0.25, -0.2) is 0 Å². The first-order valence-corrected chi connectivity index (χ1v) is 10.4. The lowest BCUT2D eigenvalue weighted by Crippen LogP contribution is -2.42. The maximum absolute atomic E-state index is 12.6. The van der Waals surface area contributed by atoms with E-state index >= 15 is 0 Å². The molecule has 0 spiro atoms. The van der Waals surface area contributed by atoms with Gasteiger partial charge in [0.1, 0.15) is 11.5 Å². The first-order valence-electron chi connectivity index (χ1n) is 10.1. The summed E-state index contributed by atoms with van der Waals surface area (Å²) in [6, 6.07) is 13.6. The van der Waals surface area contributed by atoms with Crippen LogP contribution in [0.15, 0.2) is 42.5 Å². The van der Waals surface area contributed by atoms with E-state index in [4.69, 9.17) is 21.1 Å². The number of halogens is 1. The molecule has 0 saturated carbocycles. The number of benzene rings is 2. The van der Waals surface area contributed by atoms with Crippen LogP contribution >= 0.6 is 11.6 Å². The van der Waals surface area contributed by atoms with Gasteiger partial charge in [-0.1, -0.05) is 23.7 Å². The summed E-state index contributed by atoms with van der Waals surface area (Å²) in [6.07, 6.45) is 1.79. The molecule has 29 heavy (non-hydrogen) atoms. The van der Waals surface area contributed by atoms with Crippen molar-refractivity contribution in [3.8, 4) is 11.5 Å². The highest BCUT2D eigenvalue weighted by atomic mass is 35.5. The summed E-state index contributed by atoms with van der Waals surface area (Å²) in [5, 5.41) is 3.75. The molecular formula is C23H29ClN2O3. The Bertz CT molecular complexity index is 819. The molecule has 2 aromatic carbocycles. The number of aryl methyl sites for hydroxylation is 1. The molecule has 1 fully saturated rings. The third kappa shape index (κ3) is 5.64. The summed E-state index contributed by atoms with van der Waals surface area (Å²) in [5.41, 5.74) is 2.10. The second-order valence-corrected chi connectivity index (χ2v) is 7.86. The third-order valence-electron chi connectivity index (χ3n) is 5.36. The Morgan fingerprint density at radius 3 is 2.41 bits per heavy atom. The van der Waals surface area contributed by atoms with Crippen LogP contribution in [0.5, 0.6) is 11.5 Å². The van der Waals surface area contributed by atoms with Crippen LogP contribution in [0.3, 0.4) is 0 Å². The van der Waals surface area contributed by atoms with Crippen molar-refractivity contribution in [1.82, 2.24) is 10.2 Å². The van der Waals surface area contributed by atoms with Gasteiger partial charge in [0.15, 0.2) is 6.10 Å². The van der Waals surface area contributed by atoms with Crippen LogP contribution in [-0.2, 0) is 4.79 Å². The Hall–Kier alpha value is -2.24. The van der Waals surface area contributed by atoms with Gasteiger partial charge < -0.3 is 14.8 Å². The second-order valence-electron chi connectivity index (χ2n) is 7.45. The molecule has 0 aromatic heterocycles. The van der Waals surface area contributed by atoms with Crippen LogP contribution in [0.4, 0.5) is 0 Å².